The standard InChI is InChI=1S/C17H20O/c1-2-14-8-6-7-9-15(14)12-13-17(18)16-10-4-3-5-11-16/h3-11,17-18H,2,12-13H2,1H3. The molecule has 0 spiro atoms. The monoisotopic (exact) mass is 240 g/mol. The van der Waals surface area contributed by atoms with Gasteiger partial charge in [0.05, 0.1) is 6.10 Å². The normalized spacial score (nSPS) is 12.3. The molecular formula is C17H20O. The van der Waals surface area contributed by atoms with Crippen molar-refractivity contribution in [2.45, 2.75) is 32.3 Å². The van der Waals surface area contributed by atoms with Crippen LogP contribution in [0.25, 0.3) is 0 Å². The minimum Gasteiger partial charge on any atom is -0.388 e. The van der Waals surface area contributed by atoms with Crippen molar-refractivity contribution >= 4 is 0 Å². The maximum absolute atomic E-state index is 10.1. The van der Waals surface area contributed by atoms with Crippen LogP contribution in [-0.4, -0.2) is 5.11 Å². The molecule has 2 aromatic rings. The molecule has 94 valence electrons. The lowest BCUT2D eigenvalue weighted by molar-refractivity contribution is 0.168. The molecule has 2 aromatic carbocycles. The number of benzene rings is 2. The summed E-state index contributed by atoms with van der Waals surface area (Å²) in [6.07, 6.45) is 2.40. The Bertz CT molecular complexity index is 476. The fraction of sp³-hybridized carbons (Fsp3) is 0.294. The van der Waals surface area contributed by atoms with E-state index in [1.165, 1.54) is 11.1 Å². The molecule has 1 N–H and O–H groups in total. The van der Waals surface area contributed by atoms with Crippen molar-refractivity contribution < 1.29 is 5.11 Å². The van der Waals surface area contributed by atoms with Gasteiger partial charge in [0.15, 0.2) is 0 Å². The summed E-state index contributed by atoms with van der Waals surface area (Å²) in [6, 6.07) is 18.4. The smallest absolute Gasteiger partial charge is 0.0793 e. The first kappa shape index (κ1) is 12.8. The van der Waals surface area contributed by atoms with Gasteiger partial charge in [0.2, 0.25) is 0 Å². The van der Waals surface area contributed by atoms with Crippen LogP contribution < -0.4 is 0 Å². The van der Waals surface area contributed by atoms with Crippen LogP contribution in [0.3, 0.4) is 0 Å². The second-order valence-corrected chi connectivity index (χ2v) is 4.59. The molecule has 0 aromatic heterocycles. The molecule has 0 fully saturated rings. The molecule has 1 atom stereocenters. The molecule has 0 aliphatic carbocycles. The number of hydrogen-bond donors (Lipinski definition) is 1. The first-order valence-electron chi connectivity index (χ1n) is 6.61. The van der Waals surface area contributed by atoms with Crippen LogP contribution >= 0.6 is 0 Å². The van der Waals surface area contributed by atoms with Crippen molar-refractivity contribution in [1.82, 2.24) is 0 Å². The summed E-state index contributed by atoms with van der Waals surface area (Å²) < 4.78 is 0. The number of hydrogen-bond acceptors (Lipinski definition) is 1. The Kier molecular flexibility index (Phi) is 4.54. The van der Waals surface area contributed by atoms with Crippen LogP contribution in [0, 0.1) is 0 Å². The van der Waals surface area contributed by atoms with E-state index in [2.05, 4.69) is 31.2 Å². The SMILES string of the molecule is CCc1ccccc1CCC(O)c1ccccc1. The minimum absolute atomic E-state index is 0.365. The lowest BCUT2D eigenvalue weighted by Gasteiger charge is -2.12. The second kappa shape index (κ2) is 6.36. The van der Waals surface area contributed by atoms with Crippen LogP contribution in [0.2, 0.25) is 0 Å². The Hall–Kier alpha value is -1.60. The molecular weight excluding hydrogens is 220 g/mol. The second-order valence-electron chi connectivity index (χ2n) is 4.59. The third kappa shape index (κ3) is 3.21. The van der Waals surface area contributed by atoms with Gasteiger partial charge in [-0.3, -0.25) is 0 Å². The topological polar surface area (TPSA) is 20.2 Å². The zero-order valence-electron chi connectivity index (χ0n) is 10.8. The Morgan fingerprint density at radius 2 is 1.50 bits per heavy atom. The Balaban J connectivity index is 1.99. The van der Waals surface area contributed by atoms with Gasteiger partial charge in [-0.1, -0.05) is 61.5 Å². The maximum Gasteiger partial charge on any atom is 0.0793 e. The Labute approximate surface area is 109 Å². The van der Waals surface area contributed by atoms with E-state index < -0.39 is 0 Å². The average Bonchev–Trinajstić information content (AvgIpc) is 2.46. The molecule has 0 saturated carbocycles. The molecule has 0 aliphatic heterocycles. The highest BCUT2D eigenvalue weighted by atomic mass is 16.3. The van der Waals surface area contributed by atoms with E-state index in [9.17, 15) is 5.11 Å². The molecule has 1 heteroatoms. The van der Waals surface area contributed by atoms with Gasteiger partial charge in [0.1, 0.15) is 0 Å². The third-order valence-corrected chi connectivity index (χ3v) is 3.37. The van der Waals surface area contributed by atoms with Crippen molar-refractivity contribution in [1.29, 1.82) is 0 Å². The highest BCUT2D eigenvalue weighted by Crippen LogP contribution is 2.20. The maximum atomic E-state index is 10.1. The average molecular weight is 240 g/mol. The number of aliphatic hydroxyl groups excluding tert-OH is 1. The predicted molar refractivity (Wildman–Crippen MR) is 75.5 cm³/mol. The van der Waals surface area contributed by atoms with Crippen molar-refractivity contribution in [3.05, 3.63) is 71.3 Å². The molecule has 0 saturated heterocycles. The van der Waals surface area contributed by atoms with Gasteiger partial charge in [-0.05, 0) is 36.0 Å². The lowest BCUT2D eigenvalue weighted by atomic mass is 9.97. The van der Waals surface area contributed by atoms with Crippen molar-refractivity contribution in [2.75, 3.05) is 0 Å². The fourth-order valence-electron chi connectivity index (χ4n) is 2.28. The van der Waals surface area contributed by atoms with E-state index >= 15 is 0 Å². The quantitative estimate of drug-likeness (QED) is 0.840. The summed E-state index contributed by atoms with van der Waals surface area (Å²) in [4.78, 5) is 0. The molecule has 0 aliphatic rings. The summed E-state index contributed by atoms with van der Waals surface area (Å²) in [6.45, 7) is 2.17. The molecule has 1 unspecified atom stereocenters. The highest BCUT2D eigenvalue weighted by Gasteiger charge is 2.08. The fourth-order valence-corrected chi connectivity index (χ4v) is 2.28. The molecule has 0 bridgehead atoms. The molecule has 0 heterocycles. The number of aliphatic hydroxyl groups is 1. The van der Waals surface area contributed by atoms with Crippen LogP contribution in [0.1, 0.15) is 36.1 Å². The van der Waals surface area contributed by atoms with E-state index in [1.54, 1.807) is 0 Å². The largest absolute Gasteiger partial charge is 0.388 e. The molecule has 1 nitrogen and oxygen atoms in total. The zero-order chi connectivity index (χ0) is 12.8. The van der Waals surface area contributed by atoms with Gasteiger partial charge in [-0.15, -0.1) is 0 Å². The molecule has 0 radical (unpaired) electrons. The van der Waals surface area contributed by atoms with E-state index in [0.29, 0.717) is 0 Å². The van der Waals surface area contributed by atoms with Gasteiger partial charge in [0, 0.05) is 0 Å². The summed E-state index contributed by atoms with van der Waals surface area (Å²) >= 11 is 0. The number of rotatable bonds is 5. The van der Waals surface area contributed by atoms with Crippen molar-refractivity contribution in [2.24, 2.45) is 0 Å². The first-order chi connectivity index (χ1) is 8.81. The summed E-state index contributed by atoms with van der Waals surface area (Å²) in [5.41, 5.74) is 3.75. The van der Waals surface area contributed by atoms with Gasteiger partial charge in [-0.2, -0.15) is 0 Å². The van der Waals surface area contributed by atoms with Crippen LogP contribution in [0.15, 0.2) is 54.6 Å². The predicted octanol–water partition coefficient (Wildman–Crippen LogP) is 3.92. The number of aryl methyl sites for hydroxylation is 2. The minimum atomic E-state index is -0.365. The van der Waals surface area contributed by atoms with E-state index in [1.807, 2.05) is 30.3 Å². The summed E-state index contributed by atoms with van der Waals surface area (Å²) in [7, 11) is 0. The molecule has 0 amide bonds. The van der Waals surface area contributed by atoms with E-state index in [0.717, 1.165) is 24.8 Å². The summed E-state index contributed by atoms with van der Waals surface area (Å²) in [5.74, 6) is 0. The zero-order valence-corrected chi connectivity index (χ0v) is 10.8. The van der Waals surface area contributed by atoms with Crippen molar-refractivity contribution in [3.8, 4) is 0 Å². The van der Waals surface area contributed by atoms with Crippen LogP contribution in [0.5, 0.6) is 0 Å². The van der Waals surface area contributed by atoms with Gasteiger partial charge < -0.3 is 5.11 Å². The highest BCUT2D eigenvalue weighted by molar-refractivity contribution is 5.27. The van der Waals surface area contributed by atoms with Crippen LogP contribution in [0.4, 0.5) is 0 Å². The first-order valence-corrected chi connectivity index (χ1v) is 6.61. The van der Waals surface area contributed by atoms with Gasteiger partial charge in [0.25, 0.3) is 0 Å². The lowest BCUT2D eigenvalue weighted by Crippen LogP contribution is -2.01. The van der Waals surface area contributed by atoms with Gasteiger partial charge >= 0.3 is 0 Å². The summed E-state index contributed by atoms with van der Waals surface area (Å²) in [5, 5.41) is 10.1. The van der Waals surface area contributed by atoms with Gasteiger partial charge in [-0.25, -0.2) is 0 Å². The third-order valence-electron chi connectivity index (χ3n) is 3.37. The van der Waals surface area contributed by atoms with Crippen LogP contribution in [-0.2, 0) is 12.8 Å². The molecule has 2 rings (SSSR count). The Morgan fingerprint density at radius 1 is 0.889 bits per heavy atom. The van der Waals surface area contributed by atoms with Crippen molar-refractivity contribution in [3.63, 3.8) is 0 Å². The molecule has 18 heavy (non-hydrogen) atoms. The van der Waals surface area contributed by atoms with E-state index in [-0.39, 0.29) is 6.10 Å². The van der Waals surface area contributed by atoms with E-state index in [4.69, 9.17) is 0 Å². The Morgan fingerprint density at radius 3 is 2.17 bits per heavy atom.